The van der Waals surface area contributed by atoms with Crippen LogP contribution in [-0.4, -0.2) is 57.7 Å². The van der Waals surface area contributed by atoms with Crippen molar-refractivity contribution in [3.8, 4) is 0 Å². The zero-order valence-corrected chi connectivity index (χ0v) is 15.6. The minimum atomic E-state index is -0.187. The van der Waals surface area contributed by atoms with Crippen molar-refractivity contribution >= 4 is 16.9 Å². The van der Waals surface area contributed by atoms with Crippen LogP contribution in [0.5, 0.6) is 0 Å². The highest BCUT2D eigenvalue weighted by Crippen LogP contribution is 2.19. The SMILES string of the molecule is Cc1nc2ccccc2n1CC1CC(C(=O)N2C[C@@H](C)O[C@@H](C)C2)NN1. The molecule has 2 saturated heterocycles. The Kier molecular flexibility index (Phi) is 4.69. The average molecular weight is 357 g/mol. The van der Waals surface area contributed by atoms with Gasteiger partial charge >= 0.3 is 0 Å². The molecule has 26 heavy (non-hydrogen) atoms. The standard InChI is InChI=1S/C19H27N5O2/c1-12-9-23(10-13(2)26-12)19(25)17-8-15(21-22-17)11-24-14(3)20-16-6-4-5-7-18(16)24/h4-7,12-13,15,17,21-22H,8-11H2,1-3H3/t12-,13+,15?,17?. The summed E-state index contributed by atoms with van der Waals surface area (Å²) in [6.07, 6.45) is 0.950. The number of ether oxygens (including phenoxy) is 1. The molecule has 7 nitrogen and oxygen atoms in total. The predicted molar refractivity (Wildman–Crippen MR) is 99.5 cm³/mol. The Labute approximate surface area is 153 Å². The van der Waals surface area contributed by atoms with Crippen molar-refractivity contribution < 1.29 is 9.53 Å². The molecule has 0 radical (unpaired) electrons. The zero-order chi connectivity index (χ0) is 18.3. The Balaban J connectivity index is 1.42. The third kappa shape index (κ3) is 3.34. The zero-order valence-electron chi connectivity index (χ0n) is 15.6. The monoisotopic (exact) mass is 357 g/mol. The first-order valence-corrected chi connectivity index (χ1v) is 9.38. The lowest BCUT2D eigenvalue weighted by Crippen LogP contribution is -2.53. The first kappa shape index (κ1) is 17.5. The van der Waals surface area contributed by atoms with Crippen LogP contribution in [0.15, 0.2) is 24.3 Å². The van der Waals surface area contributed by atoms with E-state index in [4.69, 9.17) is 4.74 Å². The van der Waals surface area contributed by atoms with E-state index in [1.807, 2.05) is 43.9 Å². The lowest BCUT2D eigenvalue weighted by Gasteiger charge is -2.36. The molecule has 0 aliphatic carbocycles. The van der Waals surface area contributed by atoms with Crippen LogP contribution in [0.4, 0.5) is 0 Å². The smallest absolute Gasteiger partial charge is 0.241 e. The molecular weight excluding hydrogens is 330 g/mol. The molecule has 3 heterocycles. The third-order valence-corrected chi connectivity index (χ3v) is 5.26. The highest BCUT2D eigenvalue weighted by Gasteiger charge is 2.35. The number of para-hydroxylation sites is 2. The number of nitrogens with one attached hydrogen (secondary N) is 2. The summed E-state index contributed by atoms with van der Waals surface area (Å²) in [5.41, 5.74) is 8.65. The molecule has 1 aromatic heterocycles. The average Bonchev–Trinajstić information content (AvgIpc) is 3.19. The van der Waals surface area contributed by atoms with Crippen molar-refractivity contribution in [3.63, 3.8) is 0 Å². The molecule has 2 aliphatic rings. The summed E-state index contributed by atoms with van der Waals surface area (Å²) in [5, 5.41) is 0. The van der Waals surface area contributed by atoms with Gasteiger partial charge in [-0.3, -0.25) is 10.2 Å². The van der Waals surface area contributed by atoms with Crippen LogP contribution in [-0.2, 0) is 16.1 Å². The van der Waals surface area contributed by atoms with Crippen molar-refractivity contribution in [1.29, 1.82) is 0 Å². The Morgan fingerprint density at radius 3 is 2.73 bits per heavy atom. The number of carbonyl (C=O) groups excluding carboxylic acids is 1. The van der Waals surface area contributed by atoms with Crippen molar-refractivity contribution in [3.05, 3.63) is 30.1 Å². The summed E-state index contributed by atoms with van der Waals surface area (Å²) >= 11 is 0. The number of nitrogens with zero attached hydrogens (tertiary/aromatic N) is 3. The van der Waals surface area contributed by atoms with Crippen LogP contribution in [0.25, 0.3) is 11.0 Å². The largest absolute Gasteiger partial charge is 0.372 e. The molecule has 0 bridgehead atoms. The van der Waals surface area contributed by atoms with Crippen LogP contribution >= 0.6 is 0 Å². The number of hydrogen-bond donors (Lipinski definition) is 2. The lowest BCUT2D eigenvalue weighted by atomic mass is 10.1. The quantitative estimate of drug-likeness (QED) is 0.864. The molecule has 4 atom stereocenters. The molecule has 2 aromatic rings. The van der Waals surface area contributed by atoms with Gasteiger partial charge in [-0.2, -0.15) is 0 Å². The second-order valence-corrected chi connectivity index (χ2v) is 7.53. The van der Waals surface area contributed by atoms with E-state index >= 15 is 0 Å². The Bertz CT molecular complexity index is 794. The Morgan fingerprint density at radius 2 is 1.96 bits per heavy atom. The molecule has 4 rings (SSSR count). The fourth-order valence-electron chi connectivity index (χ4n) is 4.13. The molecule has 1 amide bonds. The van der Waals surface area contributed by atoms with Crippen molar-refractivity contribution in [1.82, 2.24) is 25.3 Å². The number of aryl methyl sites for hydroxylation is 1. The number of amides is 1. The van der Waals surface area contributed by atoms with Crippen molar-refractivity contribution in [2.24, 2.45) is 0 Å². The van der Waals surface area contributed by atoms with Gasteiger partial charge in [0.05, 0.1) is 23.2 Å². The van der Waals surface area contributed by atoms with Crippen LogP contribution in [0.1, 0.15) is 26.1 Å². The normalized spacial score (nSPS) is 29.4. The number of rotatable bonds is 3. The highest BCUT2D eigenvalue weighted by molar-refractivity contribution is 5.82. The van der Waals surface area contributed by atoms with E-state index in [-0.39, 0.29) is 30.2 Å². The van der Waals surface area contributed by atoms with E-state index in [0.29, 0.717) is 13.1 Å². The summed E-state index contributed by atoms with van der Waals surface area (Å²) in [5.74, 6) is 1.16. The summed E-state index contributed by atoms with van der Waals surface area (Å²) in [6.45, 7) is 8.19. The second kappa shape index (κ2) is 6.98. The maximum Gasteiger partial charge on any atom is 0.241 e. The van der Waals surface area contributed by atoms with Gasteiger partial charge in [0.1, 0.15) is 11.9 Å². The molecule has 2 aliphatic heterocycles. The number of carbonyl (C=O) groups is 1. The summed E-state index contributed by atoms with van der Waals surface area (Å²) in [4.78, 5) is 19.4. The molecular formula is C19H27N5O2. The molecule has 2 N–H and O–H groups in total. The molecule has 0 spiro atoms. The van der Waals surface area contributed by atoms with Gasteiger partial charge < -0.3 is 14.2 Å². The van der Waals surface area contributed by atoms with E-state index in [2.05, 4.69) is 26.5 Å². The summed E-state index contributed by atoms with van der Waals surface area (Å²) in [6, 6.07) is 8.17. The minimum absolute atomic E-state index is 0.0906. The minimum Gasteiger partial charge on any atom is -0.372 e. The maximum absolute atomic E-state index is 12.9. The van der Waals surface area contributed by atoms with E-state index in [9.17, 15) is 4.79 Å². The molecule has 2 fully saturated rings. The number of aromatic nitrogens is 2. The van der Waals surface area contributed by atoms with Gasteiger partial charge in [-0.15, -0.1) is 0 Å². The molecule has 7 heteroatoms. The first-order chi connectivity index (χ1) is 12.5. The second-order valence-electron chi connectivity index (χ2n) is 7.53. The van der Waals surface area contributed by atoms with Crippen molar-refractivity contribution in [2.75, 3.05) is 13.1 Å². The van der Waals surface area contributed by atoms with Gasteiger partial charge in [-0.25, -0.2) is 10.4 Å². The highest BCUT2D eigenvalue weighted by atomic mass is 16.5. The number of hydrogen-bond acceptors (Lipinski definition) is 5. The van der Waals surface area contributed by atoms with Gasteiger partial charge in [0.15, 0.2) is 0 Å². The summed E-state index contributed by atoms with van der Waals surface area (Å²) in [7, 11) is 0. The number of imidazole rings is 1. The summed E-state index contributed by atoms with van der Waals surface area (Å²) < 4.78 is 7.96. The van der Waals surface area contributed by atoms with E-state index < -0.39 is 0 Å². The van der Waals surface area contributed by atoms with Crippen LogP contribution < -0.4 is 10.9 Å². The lowest BCUT2D eigenvalue weighted by molar-refractivity contribution is -0.145. The van der Waals surface area contributed by atoms with Gasteiger partial charge in [0.25, 0.3) is 0 Å². The fourth-order valence-corrected chi connectivity index (χ4v) is 4.13. The van der Waals surface area contributed by atoms with E-state index in [1.54, 1.807) is 0 Å². The molecule has 0 saturated carbocycles. The van der Waals surface area contributed by atoms with Crippen molar-refractivity contribution in [2.45, 2.75) is 58.0 Å². The topological polar surface area (TPSA) is 71.4 Å². The van der Waals surface area contributed by atoms with Crippen LogP contribution in [0.3, 0.4) is 0 Å². The number of fused-ring (bicyclic) bond motifs is 1. The predicted octanol–water partition coefficient (Wildman–Crippen LogP) is 1.22. The molecule has 140 valence electrons. The molecule has 1 aromatic carbocycles. The Hall–Kier alpha value is -1.96. The third-order valence-electron chi connectivity index (χ3n) is 5.26. The maximum atomic E-state index is 12.9. The van der Waals surface area contributed by atoms with Gasteiger partial charge in [-0.1, -0.05) is 12.1 Å². The van der Waals surface area contributed by atoms with Gasteiger partial charge in [-0.05, 0) is 39.3 Å². The first-order valence-electron chi connectivity index (χ1n) is 9.38. The van der Waals surface area contributed by atoms with Crippen LogP contribution in [0, 0.1) is 6.92 Å². The number of morpholine rings is 1. The molecule has 2 unspecified atom stereocenters. The fraction of sp³-hybridized carbons (Fsp3) is 0.579. The van der Waals surface area contributed by atoms with E-state index in [0.717, 1.165) is 29.8 Å². The Morgan fingerprint density at radius 1 is 1.23 bits per heavy atom. The number of benzene rings is 1. The van der Waals surface area contributed by atoms with Crippen LogP contribution in [0.2, 0.25) is 0 Å². The van der Waals surface area contributed by atoms with Gasteiger partial charge in [0.2, 0.25) is 5.91 Å². The van der Waals surface area contributed by atoms with E-state index in [1.165, 1.54) is 0 Å². The number of hydrazine groups is 1. The van der Waals surface area contributed by atoms with Gasteiger partial charge in [0, 0.05) is 25.7 Å².